The summed E-state index contributed by atoms with van der Waals surface area (Å²) in [7, 11) is -3.17. The molecule has 0 aliphatic carbocycles. The smallest absolute Gasteiger partial charge is 0.228 e. The van der Waals surface area contributed by atoms with Crippen molar-refractivity contribution in [3.63, 3.8) is 0 Å². The molecule has 1 aliphatic rings. The lowest BCUT2D eigenvalue weighted by atomic mass is 9.96. The van der Waals surface area contributed by atoms with E-state index >= 15 is 0 Å². The second kappa shape index (κ2) is 6.82. The molecule has 0 aromatic carbocycles. The first-order valence-electron chi connectivity index (χ1n) is 7.90. The van der Waals surface area contributed by atoms with Gasteiger partial charge < -0.3 is 5.32 Å². The van der Waals surface area contributed by atoms with E-state index in [1.54, 1.807) is 12.4 Å². The van der Waals surface area contributed by atoms with Gasteiger partial charge in [-0.15, -0.1) is 0 Å². The van der Waals surface area contributed by atoms with E-state index in [9.17, 15) is 8.42 Å². The van der Waals surface area contributed by atoms with Crippen LogP contribution in [0.25, 0.3) is 0 Å². The fourth-order valence-corrected chi connectivity index (χ4v) is 3.78. The predicted molar refractivity (Wildman–Crippen MR) is 92.7 cm³/mol. The van der Waals surface area contributed by atoms with Crippen LogP contribution in [-0.2, 0) is 10.0 Å². The summed E-state index contributed by atoms with van der Waals surface area (Å²) in [4.78, 5) is 13.1. The van der Waals surface area contributed by atoms with Crippen LogP contribution in [0.5, 0.6) is 0 Å². The van der Waals surface area contributed by atoms with Crippen molar-refractivity contribution in [2.24, 2.45) is 0 Å². The van der Waals surface area contributed by atoms with E-state index in [0.29, 0.717) is 19.0 Å². The molecular weight excluding hydrogens is 326 g/mol. The SMILES string of the molecule is Cc1cccnc1Nc1nccc(C2CCCN(S(C)(=O)=O)C2)n1. The fourth-order valence-electron chi connectivity index (χ4n) is 2.87. The molecule has 2 aromatic heterocycles. The fraction of sp³-hybridized carbons (Fsp3) is 0.438. The van der Waals surface area contributed by atoms with Crippen molar-refractivity contribution in [3.8, 4) is 0 Å². The molecular formula is C16H21N5O2S. The van der Waals surface area contributed by atoms with E-state index in [2.05, 4.69) is 20.3 Å². The molecule has 24 heavy (non-hydrogen) atoms. The van der Waals surface area contributed by atoms with Gasteiger partial charge in [0.05, 0.1) is 11.9 Å². The highest BCUT2D eigenvalue weighted by Crippen LogP contribution is 2.27. The van der Waals surface area contributed by atoms with Crippen molar-refractivity contribution in [1.29, 1.82) is 0 Å². The molecule has 1 fully saturated rings. The molecule has 3 rings (SSSR count). The topological polar surface area (TPSA) is 88.1 Å². The maximum Gasteiger partial charge on any atom is 0.228 e. The molecule has 0 bridgehead atoms. The number of aryl methyl sites for hydroxylation is 1. The Hall–Kier alpha value is -2.06. The quantitative estimate of drug-likeness (QED) is 0.911. The highest BCUT2D eigenvalue weighted by molar-refractivity contribution is 7.88. The van der Waals surface area contributed by atoms with Gasteiger partial charge in [0.1, 0.15) is 5.82 Å². The van der Waals surface area contributed by atoms with Gasteiger partial charge in [0.15, 0.2) is 0 Å². The van der Waals surface area contributed by atoms with Crippen molar-refractivity contribution in [2.45, 2.75) is 25.7 Å². The summed E-state index contributed by atoms with van der Waals surface area (Å²) in [5.41, 5.74) is 1.86. The largest absolute Gasteiger partial charge is 0.309 e. The van der Waals surface area contributed by atoms with E-state index in [4.69, 9.17) is 0 Å². The highest BCUT2D eigenvalue weighted by Gasteiger charge is 2.27. The highest BCUT2D eigenvalue weighted by atomic mass is 32.2. The number of sulfonamides is 1. The van der Waals surface area contributed by atoms with Gasteiger partial charge in [-0.25, -0.2) is 27.7 Å². The third-order valence-corrected chi connectivity index (χ3v) is 5.46. The summed E-state index contributed by atoms with van der Waals surface area (Å²) in [6, 6.07) is 5.69. The van der Waals surface area contributed by atoms with Gasteiger partial charge in [-0.3, -0.25) is 0 Å². The average Bonchev–Trinajstić information content (AvgIpc) is 2.57. The van der Waals surface area contributed by atoms with Crippen LogP contribution in [0.4, 0.5) is 11.8 Å². The zero-order chi connectivity index (χ0) is 17.2. The Labute approximate surface area is 142 Å². The number of anilines is 2. The number of nitrogens with zero attached hydrogens (tertiary/aromatic N) is 4. The van der Waals surface area contributed by atoms with Crippen molar-refractivity contribution >= 4 is 21.8 Å². The van der Waals surface area contributed by atoms with E-state index in [0.717, 1.165) is 29.9 Å². The van der Waals surface area contributed by atoms with E-state index < -0.39 is 10.0 Å². The molecule has 128 valence electrons. The number of hydrogen-bond donors (Lipinski definition) is 1. The summed E-state index contributed by atoms with van der Waals surface area (Å²) in [5.74, 6) is 1.28. The molecule has 2 aromatic rings. The summed E-state index contributed by atoms with van der Waals surface area (Å²) < 4.78 is 25.1. The molecule has 3 heterocycles. The van der Waals surface area contributed by atoms with Gasteiger partial charge in [-0.05, 0) is 37.5 Å². The van der Waals surface area contributed by atoms with Crippen LogP contribution in [0, 0.1) is 6.92 Å². The van der Waals surface area contributed by atoms with Crippen LogP contribution in [0.1, 0.15) is 30.0 Å². The monoisotopic (exact) mass is 347 g/mol. The minimum absolute atomic E-state index is 0.0851. The Morgan fingerprint density at radius 1 is 1.25 bits per heavy atom. The van der Waals surface area contributed by atoms with Crippen molar-refractivity contribution in [2.75, 3.05) is 24.7 Å². The molecule has 0 spiro atoms. The summed E-state index contributed by atoms with van der Waals surface area (Å²) in [5, 5.41) is 3.13. The van der Waals surface area contributed by atoms with Gasteiger partial charge in [-0.1, -0.05) is 6.07 Å². The van der Waals surface area contributed by atoms with Crippen LogP contribution in [-0.4, -0.2) is 47.0 Å². The van der Waals surface area contributed by atoms with Crippen molar-refractivity contribution < 1.29 is 8.42 Å². The van der Waals surface area contributed by atoms with Gasteiger partial charge in [-0.2, -0.15) is 0 Å². The minimum Gasteiger partial charge on any atom is -0.309 e. The van der Waals surface area contributed by atoms with Crippen LogP contribution in [0.15, 0.2) is 30.6 Å². The molecule has 1 saturated heterocycles. The molecule has 1 unspecified atom stereocenters. The third kappa shape index (κ3) is 3.88. The Morgan fingerprint density at radius 2 is 2.08 bits per heavy atom. The average molecular weight is 347 g/mol. The van der Waals surface area contributed by atoms with Crippen LogP contribution < -0.4 is 5.32 Å². The first-order valence-corrected chi connectivity index (χ1v) is 9.75. The number of pyridine rings is 1. The Balaban J connectivity index is 1.79. The molecule has 1 N–H and O–H groups in total. The second-order valence-electron chi connectivity index (χ2n) is 6.06. The number of rotatable bonds is 4. The van der Waals surface area contributed by atoms with E-state index in [-0.39, 0.29) is 5.92 Å². The lowest BCUT2D eigenvalue weighted by molar-refractivity contribution is 0.314. The molecule has 0 amide bonds. The molecule has 8 heteroatoms. The Kier molecular flexibility index (Phi) is 4.77. The normalized spacial score (nSPS) is 19.2. The van der Waals surface area contributed by atoms with Crippen LogP contribution >= 0.6 is 0 Å². The molecule has 0 saturated carbocycles. The van der Waals surface area contributed by atoms with Crippen molar-refractivity contribution in [1.82, 2.24) is 19.3 Å². The molecule has 0 radical (unpaired) electrons. The Bertz CT molecular complexity index is 825. The summed E-state index contributed by atoms with van der Waals surface area (Å²) in [6.07, 6.45) is 6.42. The first-order chi connectivity index (χ1) is 11.4. The lowest BCUT2D eigenvalue weighted by Crippen LogP contribution is -2.38. The molecule has 1 aliphatic heterocycles. The number of nitrogens with one attached hydrogen (secondary N) is 1. The maximum absolute atomic E-state index is 11.8. The summed E-state index contributed by atoms with van der Waals surface area (Å²) >= 11 is 0. The molecule has 1 atom stereocenters. The number of aromatic nitrogens is 3. The predicted octanol–water partition coefficient (Wildman–Crippen LogP) is 2.06. The third-order valence-electron chi connectivity index (χ3n) is 4.19. The first kappa shape index (κ1) is 16.8. The minimum atomic E-state index is -3.17. The zero-order valence-corrected chi connectivity index (χ0v) is 14.6. The van der Waals surface area contributed by atoms with E-state index in [1.807, 2.05) is 25.1 Å². The van der Waals surface area contributed by atoms with Crippen LogP contribution in [0.3, 0.4) is 0 Å². The Morgan fingerprint density at radius 3 is 2.83 bits per heavy atom. The second-order valence-corrected chi connectivity index (χ2v) is 8.04. The van der Waals surface area contributed by atoms with Gasteiger partial charge in [0.2, 0.25) is 16.0 Å². The van der Waals surface area contributed by atoms with Gasteiger partial charge >= 0.3 is 0 Å². The standard InChI is InChI=1S/C16H21N5O2S/c1-12-5-3-8-17-15(12)20-16-18-9-7-14(19-16)13-6-4-10-21(11-13)24(2,22)23/h3,5,7-9,13H,4,6,10-11H2,1-2H3,(H,17,18,19,20). The maximum atomic E-state index is 11.8. The van der Waals surface area contributed by atoms with Crippen LogP contribution in [0.2, 0.25) is 0 Å². The summed E-state index contributed by atoms with van der Waals surface area (Å²) in [6.45, 7) is 3.01. The number of piperidine rings is 1. The van der Waals surface area contributed by atoms with E-state index in [1.165, 1.54) is 10.6 Å². The molecule has 7 nitrogen and oxygen atoms in total. The zero-order valence-electron chi connectivity index (χ0n) is 13.8. The van der Waals surface area contributed by atoms with Gasteiger partial charge in [0, 0.05) is 31.4 Å². The number of hydrogen-bond acceptors (Lipinski definition) is 6. The lowest BCUT2D eigenvalue weighted by Gasteiger charge is -2.30. The van der Waals surface area contributed by atoms with Crippen molar-refractivity contribution in [3.05, 3.63) is 41.9 Å². The van der Waals surface area contributed by atoms with Gasteiger partial charge in [0.25, 0.3) is 0 Å².